The van der Waals surface area contributed by atoms with Gasteiger partial charge in [0.25, 0.3) is 0 Å². The van der Waals surface area contributed by atoms with Crippen molar-refractivity contribution in [1.29, 1.82) is 10.8 Å². The van der Waals surface area contributed by atoms with E-state index < -0.39 is 0 Å². The number of rotatable bonds is 5. The van der Waals surface area contributed by atoms with E-state index in [1.165, 1.54) is 11.8 Å². The van der Waals surface area contributed by atoms with Crippen LogP contribution in [0, 0.1) is 10.8 Å². The first-order valence-electron chi connectivity index (χ1n) is 9.65. The van der Waals surface area contributed by atoms with Crippen molar-refractivity contribution in [3.63, 3.8) is 0 Å². The smallest absolute Gasteiger partial charge is 0.231 e. The number of anilines is 1. The van der Waals surface area contributed by atoms with Gasteiger partial charge in [0, 0.05) is 31.1 Å². The molecule has 0 spiro atoms. The van der Waals surface area contributed by atoms with Crippen molar-refractivity contribution in [1.82, 2.24) is 19.7 Å². The highest BCUT2D eigenvalue weighted by Crippen LogP contribution is 2.20. The van der Waals surface area contributed by atoms with Gasteiger partial charge in [-0.05, 0) is 17.7 Å². The molecule has 0 amide bonds. The molecule has 2 aromatic heterocycles. The highest BCUT2D eigenvalue weighted by atomic mass is 16.5. The maximum atomic E-state index is 8.37. The molecular weight excluding hydrogens is 382 g/mol. The van der Waals surface area contributed by atoms with Crippen LogP contribution < -0.4 is 15.1 Å². The third-order valence-electron chi connectivity index (χ3n) is 4.85. The van der Waals surface area contributed by atoms with Crippen LogP contribution in [0.5, 0.6) is 5.88 Å². The Morgan fingerprint density at radius 2 is 1.90 bits per heavy atom. The zero-order chi connectivity index (χ0) is 20.9. The van der Waals surface area contributed by atoms with Crippen LogP contribution in [0.15, 0.2) is 48.8 Å². The SMILES string of the molecule is COc1ccc(=N)n(C(=N)Cc2cccc(-c3ncc(N4CCOCC4)cn3)c2)n1. The predicted molar refractivity (Wildman–Crippen MR) is 112 cm³/mol. The molecule has 154 valence electrons. The van der Waals surface area contributed by atoms with Gasteiger partial charge in [0.15, 0.2) is 5.82 Å². The number of morpholine rings is 1. The fourth-order valence-electron chi connectivity index (χ4n) is 3.26. The Hall–Kier alpha value is -3.59. The Balaban J connectivity index is 1.51. The van der Waals surface area contributed by atoms with Crippen LogP contribution >= 0.6 is 0 Å². The lowest BCUT2D eigenvalue weighted by Gasteiger charge is -2.28. The molecule has 0 radical (unpaired) electrons. The summed E-state index contributed by atoms with van der Waals surface area (Å²) in [4.78, 5) is 11.3. The number of nitrogens with one attached hydrogen (secondary N) is 2. The van der Waals surface area contributed by atoms with Gasteiger partial charge in [-0.25, -0.2) is 9.97 Å². The van der Waals surface area contributed by atoms with E-state index >= 15 is 0 Å². The van der Waals surface area contributed by atoms with Gasteiger partial charge in [-0.2, -0.15) is 4.68 Å². The summed E-state index contributed by atoms with van der Waals surface area (Å²) >= 11 is 0. The van der Waals surface area contributed by atoms with Gasteiger partial charge in [-0.1, -0.05) is 18.2 Å². The predicted octanol–water partition coefficient (Wildman–Crippen LogP) is 1.73. The Bertz CT molecular complexity index is 1090. The summed E-state index contributed by atoms with van der Waals surface area (Å²) in [5.74, 6) is 1.17. The second kappa shape index (κ2) is 8.83. The maximum Gasteiger partial charge on any atom is 0.231 e. The van der Waals surface area contributed by atoms with Gasteiger partial charge in [-0.15, -0.1) is 5.10 Å². The fourth-order valence-corrected chi connectivity index (χ4v) is 3.26. The minimum Gasteiger partial charge on any atom is -0.480 e. The van der Waals surface area contributed by atoms with Crippen LogP contribution in [0.1, 0.15) is 5.56 Å². The number of hydrogen-bond acceptors (Lipinski definition) is 8. The van der Waals surface area contributed by atoms with Gasteiger partial charge in [0.1, 0.15) is 11.3 Å². The lowest BCUT2D eigenvalue weighted by atomic mass is 10.1. The average molecular weight is 405 g/mol. The molecule has 0 atom stereocenters. The fraction of sp³-hybridized carbons (Fsp3) is 0.286. The summed E-state index contributed by atoms with van der Waals surface area (Å²) in [5, 5.41) is 20.5. The molecule has 0 aliphatic carbocycles. The molecule has 0 saturated carbocycles. The normalized spacial score (nSPS) is 13.8. The van der Waals surface area contributed by atoms with E-state index in [2.05, 4.69) is 20.0 Å². The van der Waals surface area contributed by atoms with Crippen LogP contribution in [0.2, 0.25) is 0 Å². The Kier molecular flexibility index (Phi) is 5.80. The van der Waals surface area contributed by atoms with E-state index in [0.717, 1.165) is 43.1 Å². The molecule has 30 heavy (non-hydrogen) atoms. The molecule has 1 fully saturated rings. The molecule has 1 aromatic carbocycles. The third-order valence-corrected chi connectivity index (χ3v) is 4.85. The summed E-state index contributed by atoms with van der Waals surface area (Å²) in [6.07, 6.45) is 3.99. The van der Waals surface area contributed by atoms with Crippen molar-refractivity contribution in [2.75, 3.05) is 38.3 Å². The summed E-state index contributed by atoms with van der Waals surface area (Å²) in [7, 11) is 1.51. The molecule has 1 aliphatic heterocycles. The first kappa shape index (κ1) is 19.7. The Morgan fingerprint density at radius 1 is 1.13 bits per heavy atom. The zero-order valence-electron chi connectivity index (χ0n) is 16.7. The van der Waals surface area contributed by atoms with Crippen molar-refractivity contribution >= 4 is 11.5 Å². The molecule has 3 heterocycles. The summed E-state index contributed by atoms with van der Waals surface area (Å²) in [6.45, 7) is 3.12. The third kappa shape index (κ3) is 4.36. The molecule has 9 nitrogen and oxygen atoms in total. The van der Waals surface area contributed by atoms with Gasteiger partial charge in [0.2, 0.25) is 5.88 Å². The second-order valence-electron chi connectivity index (χ2n) is 6.86. The lowest BCUT2D eigenvalue weighted by Crippen LogP contribution is -2.36. The van der Waals surface area contributed by atoms with Crippen molar-refractivity contribution < 1.29 is 9.47 Å². The van der Waals surface area contributed by atoms with Crippen molar-refractivity contribution in [2.45, 2.75) is 6.42 Å². The van der Waals surface area contributed by atoms with Gasteiger partial charge in [0.05, 0.1) is 38.4 Å². The summed E-state index contributed by atoms with van der Waals surface area (Å²) in [6, 6.07) is 10.9. The molecule has 3 aromatic rings. The van der Waals surface area contributed by atoms with E-state index in [1.807, 2.05) is 36.7 Å². The van der Waals surface area contributed by atoms with Crippen molar-refractivity contribution in [3.05, 3.63) is 59.8 Å². The quantitative estimate of drug-likeness (QED) is 0.494. The number of aromatic nitrogens is 4. The van der Waals surface area contributed by atoms with E-state index in [0.29, 0.717) is 18.1 Å². The molecule has 1 saturated heterocycles. The topological polar surface area (TPSA) is 113 Å². The van der Waals surface area contributed by atoms with Crippen molar-refractivity contribution in [3.8, 4) is 17.3 Å². The van der Waals surface area contributed by atoms with Crippen LogP contribution in [0.25, 0.3) is 11.4 Å². The van der Waals surface area contributed by atoms with Gasteiger partial charge < -0.3 is 14.4 Å². The molecule has 0 bridgehead atoms. The number of methoxy groups -OCH3 is 1. The van der Waals surface area contributed by atoms with E-state index in [-0.39, 0.29) is 11.3 Å². The Morgan fingerprint density at radius 3 is 2.63 bits per heavy atom. The number of hydrogen-bond donors (Lipinski definition) is 2. The molecule has 4 rings (SSSR count). The summed E-state index contributed by atoms with van der Waals surface area (Å²) < 4.78 is 11.8. The summed E-state index contributed by atoms with van der Waals surface area (Å²) in [5.41, 5.74) is 2.90. The van der Waals surface area contributed by atoms with Crippen LogP contribution in [0.4, 0.5) is 5.69 Å². The van der Waals surface area contributed by atoms with Crippen LogP contribution in [0.3, 0.4) is 0 Å². The molecular formula is C21H23N7O2. The molecule has 2 N–H and O–H groups in total. The zero-order valence-corrected chi connectivity index (χ0v) is 16.7. The maximum absolute atomic E-state index is 8.37. The van der Waals surface area contributed by atoms with Crippen molar-refractivity contribution in [2.24, 2.45) is 0 Å². The van der Waals surface area contributed by atoms with E-state index in [4.69, 9.17) is 20.3 Å². The number of benzene rings is 1. The van der Waals surface area contributed by atoms with Gasteiger partial charge in [-0.3, -0.25) is 10.8 Å². The largest absolute Gasteiger partial charge is 0.480 e. The van der Waals surface area contributed by atoms with Gasteiger partial charge >= 0.3 is 0 Å². The number of ether oxygens (including phenoxy) is 2. The lowest BCUT2D eigenvalue weighted by molar-refractivity contribution is 0.122. The van der Waals surface area contributed by atoms with E-state index in [9.17, 15) is 0 Å². The second-order valence-corrected chi connectivity index (χ2v) is 6.86. The minimum absolute atomic E-state index is 0.124. The van der Waals surface area contributed by atoms with E-state index in [1.54, 1.807) is 12.1 Å². The standard InChI is InChI=1S/C21H23N7O2/c1-29-20-6-5-18(22)28(26-20)19(23)12-15-3-2-4-16(11-15)21-24-13-17(14-25-21)27-7-9-30-10-8-27/h2-6,11,13-14,22-23H,7-10,12H2,1H3. The first-order valence-corrected chi connectivity index (χ1v) is 9.65. The molecule has 1 aliphatic rings. The monoisotopic (exact) mass is 405 g/mol. The number of nitrogens with zero attached hydrogens (tertiary/aromatic N) is 5. The molecule has 0 unspecified atom stereocenters. The van der Waals surface area contributed by atoms with Crippen LogP contribution in [-0.2, 0) is 11.2 Å². The average Bonchev–Trinajstić information content (AvgIpc) is 2.80. The van der Waals surface area contributed by atoms with Crippen LogP contribution in [-0.4, -0.2) is 59.0 Å². The first-order chi connectivity index (χ1) is 14.6. The highest BCUT2D eigenvalue weighted by Gasteiger charge is 2.13. The molecule has 9 heteroatoms. The Labute approximate surface area is 174 Å². The highest BCUT2D eigenvalue weighted by molar-refractivity contribution is 5.83. The minimum atomic E-state index is 0.124.